The molecule has 180 valence electrons. The third-order valence-corrected chi connectivity index (χ3v) is 6.36. The van der Waals surface area contributed by atoms with Crippen molar-refractivity contribution in [3.63, 3.8) is 0 Å². The first kappa shape index (κ1) is 33.3. The Bertz CT molecular complexity index is 383. The molecular weight excluding hydrogens is 424 g/mol. The molecule has 0 unspecified atom stereocenters. The van der Waals surface area contributed by atoms with E-state index in [1.807, 2.05) is 0 Å². The van der Waals surface area contributed by atoms with Crippen molar-refractivity contribution in [3.8, 4) is 0 Å². The van der Waals surface area contributed by atoms with Crippen molar-refractivity contribution in [3.05, 3.63) is 0 Å². The van der Waals surface area contributed by atoms with Crippen molar-refractivity contribution >= 4 is 48.1 Å². The van der Waals surface area contributed by atoms with Crippen LogP contribution in [0.4, 0.5) is 0 Å². The number of rotatable bonds is 24. The second kappa shape index (κ2) is 26.4. The van der Waals surface area contributed by atoms with E-state index >= 15 is 0 Å². The zero-order chi connectivity index (χ0) is 21.5. The fourth-order valence-corrected chi connectivity index (χ4v) is 4.25. The van der Waals surface area contributed by atoms with Crippen LogP contribution in [0.1, 0.15) is 142 Å². The average molecular weight is 477 g/mol. The van der Waals surface area contributed by atoms with E-state index in [4.69, 9.17) is 8.37 Å². The predicted octanol–water partition coefficient (Wildman–Crippen LogP) is 7.19. The van der Waals surface area contributed by atoms with Crippen LogP contribution in [0.5, 0.6) is 0 Å². The van der Waals surface area contributed by atoms with Gasteiger partial charge in [-0.1, -0.05) is 129 Å². The minimum absolute atomic E-state index is 0. The van der Waals surface area contributed by atoms with Crippen molar-refractivity contribution < 1.29 is 16.8 Å². The van der Waals surface area contributed by atoms with Crippen molar-refractivity contribution in [1.29, 1.82) is 0 Å². The zero-order valence-corrected chi connectivity index (χ0v) is 20.4. The van der Waals surface area contributed by atoms with Gasteiger partial charge in [-0.05, 0) is 12.8 Å². The molecule has 0 atom stereocenters. The topological polar surface area (TPSA) is 52.6 Å². The fraction of sp³-hybridized carbons (Fsp3) is 1.00. The van der Waals surface area contributed by atoms with E-state index in [2.05, 4.69) is 13.8 Å². The summed E-state index contributed by atoms with van der Waals surface area (Å²) in [7, 11) is -3.80. The summed E-state index contributed by atoms with van der Waals surface area (Å²) in [5, 5.41) is 0. The molecule has 0 heterocycles. The maximum atomic E-state index is 11.7. The molecule has 30 heavy (non-hydrogen) atoms. The van der Waals surface area contributed by atoms with Gasteiger partial charge in [-0.25, -0.2) is 8.37 Å². The van der Waals surface area contributed by atoms with Crippen LogP contribution >= 0.6 is 0 Å². The van der Waals surface area contributed by atoms with Crippen LogP contribution in [0.2, 0.25) is 0 Å². The van der Waals surface area contributed by atoms with Crippen LogP contribution in [0.25, 0.3) is 0 Å². The van der Waals surface area contributed by atoms with Gasteiger partial charge >= 0.3 is 48.1 Å². The molecule has 0 aliphatic heterocycles. The summed E-state index contributed by atoms with van der Waals surface area (Å²) in [6.07, 6.45) is 24.4. The van der Waals surface area contributed by atoms with Gasteiger partial charge in [-0.15, -0.1) is 0 Å². The van der Waals surface area contributed by atoms with Crippen LogP contribution < -0.4 is 0 Å². The Hall–Kier alpha value is 1.13. The molecule has 0 fully saturated rings. The molecule has 0 aromatic carbocycles. The SMILES string of the molecule is CCCCCCCCCCCCOS(=O)(=O)OCCCCCCCCCCCC.[CaH2]. The van der Waals surface area contributed by atoms with E-state index in [-0.39, 0.29) is 51.0 Å². The average Bonchev–Trinajstić information content (AvgIpc) is 2.70. The van der Waals surface area contributed by atoms with Crippen molar-refractivity contribution in [1.82, 2.24) is 0 Å². The van der Waals surface area contributed by atoms with Gasteiger partial charge in [0.15, 0.2) is 0 Å². The second-order valence-corrected chi connectivity index (χ2v) is 9.70. The van der Waals surface area contributed by atoms with Gasteiger partial charge in [0.1, 0.15) is 0 Å². The zero-order valence-electron chi connectivity index (χ0n) is 19.6. The fourth-order valence-electron chi connectivity index (χ4n) is 3.53. The number of hydrogen-bond acceptors (Lipinski definition) is 4. The molecule has 0 aromatic heterocycles. The second-order valence-electron chi connectivity index (χ2n) is 8.42. The first-order valence-corrected chi connectivity index (χ1v) is 14.0. The molecule has 0 bridgehead atoms. The summed E-state index contributed by atoms with van der Waals surface area (Å²) in [4.78, 5) is 0. The number of hydrogen-bond donors (Lipinski definition) is 0. The molecular formula is C24H52CaO4S. The molecule has 6 heteroatoms. The Morgan fingerprint density at radius 3 is 0.933 bits per heavy atom. The third-order valence-electron chi connectivity index (χ3n) is 5.45. The Labute approximate surface area is 219 Å². The van der Waals surface area contributed by atoms with Gasteiger partial charge in [0.25, 0.3) is 0 Å². The third kappa shape index (κ3) is 27.2. The van der Waals surface area contributed by atoms with Gasteiger partial charge in [-0.2, -0.15) is 8.42 Å². The van der Waals surface area contributed by atoms with Gasteiger partial charge in [-0.3, -0.25) is 0 Å². The standard InChI is InChI=1S/C24H50O4S.Ca.2H/c1-3-5-7-9-11-13-15-17-19-21-23-27-29(25,26)28-24-22-20-18-16-14-12-10-8-6-4-2;;;/h3-24H2,1-2H3;;;. The molecule has 0 N–H and O–H groups in total. The molecule has 0 radical (unpaired) electrons. The summed E-state index contributed by atoms with van der Waals surface area (Å²) in [5.74, 6) is 0. The van der Waals surface area contributed by atoms with Crippen LogP contribution in [0.3, 0.4) is 0 Å². The van der Waals surface area contributed by atoms with E-state index in [1.165, 1.54) is 89.9 Å². The quantitative estimate of drug-likeness (QED) is 0.109. The first-order valence-electron chi connectivity index (χ1n) is 12.7. The maximum absolute atomic E-state index is 11.7. The molecule has 0 rings (SSSR count). The van der Waals surface area contributed by atoms with Gasteiger partial charge in [0.2, 0.25) is 0 Å². The molecule has 0 amide bonds. The van der Waals surface area contributed by atoms with E-state index < -0.39 is 10.4 Å². The molecule has 0 aromatic rings. The summed E-state index contributed by atoms with van der Waals surface area (Å²) >= 11 is 0. The van der Waals surface area contributed by atoms with E-state index in [1.54, 1.807) is 0 Å². The molecule has 0 saturated carbocycles. The van der Waals surface area contributed by atoms with Gasteiger partial charge < -0.3 is 0 Å². The summed E-state index contributed by atoms with van der Waals surface area (Å²) < 4.78 is 33.3. The molecule has 4 nitrogen and oxygen atoms in total. The van der Waals surface area contributed by atoms with Crippen molar-refractivity contribution in [2.45, 2.75) is 142 Å². The normalized spacial score (nSPS) is 11.5. The van der Waals surface area contributed by atoms with Gasteiger partial charge in [0.05, 0.1) is 13.2 Å². The molecule has 0 aliphatic carbocycles. The molecule has 0 aliphatic rings. The monoisotopic (exact) mass is 476 g/mol. The van der Waals surface area contributed by atoms with Crippen LogP contribution in [-0.2, 0) is 18.8 Å². The van der Waals surface area contributed by atoms with Crippen LogP contribution in [0, 0.1) is 0 Å². The van der Waals surface area contributed by atoms with Crippen molar-refractivity contribution in [2.75, 3.05) is 13.2 Å². The van der Waals surface area contributed by atoms with Crippen LogP contribution in [-0.4, -0.2) is 59.4 Å². The van der Waals surface area contributed by atoms with E-state index in [9.17, 15) is 8.42 Å². The van der Waals surface area contributed by atoms with Gasteiger partial charge in [0, 0.05) is 0 Å². The summed E-state index contributed by atoms with van der Waals surface area (Å²) in [6, 6.07) is 0. The Morgan fingerprint density at radius 2 is 0.667 bits per heavy atom. The minimum atomic E-state index is -3.80. The first-order chi connectivity index (χ1) is 14.1. The Balaban J connectivity index is 0. The Kier molecular flexibility index (Phi) is 29.3. The molecule has 0 spiro atoms. The van der Waals surface area contributed by atoms with Crippen LogP contribution in [0.15, 0.2) is 0 Å². The predicted molar refractivity (Wildman–Crippen MR) is 133 cm³/mol. The van der Waals surface area contributed by atoms with E-state index in [0.717, 1.165) is 38.5 Å². The van der Waals surface area contributed by atoms with E-state index in [0.29, 0.717) is 0 Å². The molecule has 0 saturated heterocycles. The Morgan fingerprint density at radius 1 is 0.433 bits per heavy atom. The number of unbranched alkanes of at least 4 members (excludes halogenated alkanes) is 18. The summed E-state index contributed by atoms with van der Waals surface area (Å²) in [6.45, 7) is 4.98. The summed E-state index contributed by atoms with van der Waals surface area (Å²) in [5.41, 5.74) is 0. The van der Waals surface area contributed by atoms with Crippen molar-refractivity contribution in [2.24, 2.45) is 0 Å².